The summed E-state index contributed by atoms with van der Waals surface area (Å²) in [6.45, 7) is 6.00. The molecule has 25 heavy (non-hydrogen) atoms. The lowest BCUT2D eigenvalue weighted by molar-refractivity contribution is 0.578. The summed E-state index contributed by atoms with van der Waals surface area (Å²) in [5, 5.41) is 6.39. The SMILES string of the molecule is CCNC(=NCCCCn1ccccc1=O)NC(C)CCS(C)(=O)=O. The first-order valence-corrected chi connectivity index (χ1v) is 10.8. The van der Waals surface area contributed by atoms with E-state index in [-0.39, 0.29) is 17.4 Å². The third-order valence-electron chi connectivity index (χ3n) is 3.63. The fraction of sp³-hybridized carbons (Fsp3) is 0.647. The molecule has 0 fully saturated rings. The van der Waals surface area contributed by atoms with Crippen LogP contribution in [0.25, 0.3) is 0 Å². The molecule has 8 heteroatoms. The Labute approximate surface area is 150 Å². The van der Waals surface area contributed by atoms with Crippen LogP contribution in [0.3, 0.4) is 0 Å². The van der Waals surface area contributed by atoms with E-state index in [1.165, 1.54) is 6.26 Å². The molecule has 0 saturated heterocycles. The summed E-state index contributed by atoms with van der Waals surface area (Å²) in [4.78, 5) is 16.1. The minimum absolute atomic E-state index is 0.0145. The molecule has 1 unspecified atom stereocenters. The van der Waals surface area contributed by atoms with Crippen molar-refractivity contribution >= 4 is 15.8 Å². The molecule has 2 N–H and O–H groups in total. The second-order valence-electron chi connectivity index (χ2n) is 6.16. The maximum absolute atomic E-state index is 11.6. The van der Waals surface area contributed by atoms with Crippen LogP contribution in [0.2, 0.25) is 0 Å². The topological polar surface area (TPSA) is 92.6 Å². The summed E-state index contributed by atoms with van der Waals surface area (Å²) in [7, 11) is -2.95. The van der Waals surface area contributed by atoms with Gasteiger partial charge in [-0.15, -0.1) is 0 Å². The number of hydrogen-bond donors (Lipinski definition) is 2. The highest BCUT2D eigenvalue weighted by Crippen LogP contribution is 1.97. The van der Waals surface area contributed by atoms with Crippen LogP contribution in [-0.2, 0) is 16.4 Å². The predicted octanol–water partition coefficient (Wildman–Crippen LogP) is 1.01. The quantitative estimate of drug-likeness (QED) is 0.364. The van der Waals surface area contributed by atoms with Crippen molar-refractivity contribution in [1.82, 2.24) is 15.2 Å². The van der Waals surface area contributed by atoms with E-state index >= 15 is 0 Å². The first kappa shape index (κ1) is 21.2. The Kier molecular flexibility index (Phi) is 9.26. The number of hydrogen-bond acceptors (Lipinski definition) is 4. The number of rotatable bonds is 10. The van der Waals surface area contributed by atoms with E-state index in [4.69, 9.17) is 0 Å². The van der Waals surface area contributed by atoms with Crippen molar-refractivity contribution in [2.24, 2.45) is 4.99 Å². The number of aryl methyl sites for hydroxylation is 1. The van der Waals surface area contributed by atoms with Gasteiger partial charge in [-0.2, -0.15) is 0 Å². The summed E-state index contributed by atoms with van der Waals surface area (Å²) < 4.78 is 24.2. The molecule has 0 saturated carbocycles. The first-order valence-electron chi connectivity index (χ1n) is 8.70. The minimum atomic E-state index is -2.95. The van der Waals surface area contributed by atoms with Crippen LogP contribution in [-0.4, -0.2) is 50.1 Å². The lowest BCUT2D eigenvalue weighted by Gasteiger charge is -2.17. The van der Waals surface area contributed by atoms with Gasteiger partial charge in [0.25, 0.3) is 0 Å². The van der Waals surface area contributed by atoms with Crippen molar-refractivity contribution in [3.8, 4) is 0 Å². The molecule has 142 valence electrons. The summed E-state index contributed by atoms with van der Waals surface area (Å²) >= 11 is 0. The Bertz CT molecular complexity index is 698. The van der Waals surface area contributed by atoms with Crippen molar-refractivity contribution in [3.05, 3.63) is 34.7 Å². The zero-order chi connectivity index (χ0) is 18.7. The number of pyridine rings is 1. The molecular formula is C17H30N4O3S. The number of nitrogens with zero attached hydrogens (tertiary/aromatic N) is 2. The number of aromatic nitrogens is 1. The Balaban J connectivity index is 2.39. The average Bonchev–Trinajstić information content (AvgIpc) is 2.54. The summed E-state index contributed by atoms with van der Waals surface area (Å²) in [6.07, 6.45) is 5.32. The molecule has 1 heterocycles. The molecule has 0 radical (unpaired) electrons. The smallest absolute Gasteiger partial charge is 0.250 e. The van der Waals surface area contributed by atoms with E-state index in [0.29, 0.717) is 25.5 Å². The van der Waals surface area contributed by atoms with Gasteiger partial charge in [-0.25, -0.2) is 8.42 Å². The van der Waals surface area contributed by atoms with Crippen molar-refractivity contribution in [1.29, 1.82) is 0 Å². The fourth-order valence-corrected chi connectivity index (χ4v) is 3.03. The van der Waals surface area contributed by atoms with Gasteiger partial charge in [-0.3, -0.25) is 9.79 Å². The van der Waals surface area contributed by atoms with Crippen LogP contribution >= 0.6 is 0 Å². The highest BCUT2D eigenvalue weighted by Gasteiger charge is 2.09. The van der Waals surface area contributed by atoms with Gasteiger partial charge < -0.3 is 15.2 Å². The zero-order valence-electron chi connectivity index (χ0n) is 15.4. The van der Waals surface area contributed by atoms with E-state index in [1.54, 1.807) is 22.9 Å². The van der Waals surface area contributed by atoms with Crippen LogP contribution in [0.15, 0.2) is 34.2 Å². The molecule has 0 aliphatic rings. The second kappa shape index (κ2) is 10.9. The van der Waals surface area contributed by atoms with Gasteiger partial charge in [0, 0.05) is 44.2 Å². The lowest BCUT2D eigenvalue weighted by Crippen LogP contribution is -2.42. The largest absolute Gasteiger partial charge is 0.357 e. The molecule has 1 aromatic heterocycles. The Hall–Kier alpha value is -1.83. The van der Waals surface area contributed by atoms with Crippen LogP contribution < -0.4 is 16.2 Å². The average molecular weight is 371 g/mol. The number of aliphatic imine (C=N–C) groups is 1. The molecule has 0 aliphatic heterocycles. The monoisotopic (exact) mass is 370 g/mol. The minimum Gasteiger partial charge on any atom is -0.357 e. The van der Waals surface area contributed by atoms with Gasteiger partial charge in [0.2, 0.25) is 5.56 Å². The molecule has 7 nitrogen and oxygen atoms in total. The second-order valence-corrected chi connectivity index (χ2v) is 8.42. The van der Waals surface area contributed by atoms with Gasteiger partial charge >= 0.3 is 0 Å². The van der Waals surface area contributed by atoms with E-state index in [2.05, 4.69) is 15.6 Å². The maximum Gasteiger partial charge on any atom is 0.250 e. The molecule has 1 atom stereocenters. The Morgan fingerprint density at radius 1 is 1.32 bits per heavy atom. The van der Waals surface area contributed by atoms with Crippen molar-refractivity contribution in [2.45, 2.75) is 45.7 Å². The Morgan fingerprint density at radius 3 is 2.72 bits per heavy atom. The van der Waals surface area contributed by atoms with Crippen LogP contribution in [0.4, 0.5) is 0 Å². The van der Waals surface area contributed by atoms with Gasteiger partial charge in [-0.05, 0) is 39.2 Å². The van der Waals surface area contributed by atoms with Crippen LogP contribution in [0, 0.1) is 0 Å². The zero-order valence-corrected chi connectivity index (χ0v) is 16.2. The van der Waals surface area contributed by atoms with Gasteiger partial charge in [0.15, 0.2) is 5.96 Å². The fourth-order valence-electron chi connectivity index (χ4n) is 2.25. The molecule has 0 bridgehead atoms. The number of nitrogens with one attached hydrogen (secondary N) is 2. The van der Waals surface area contributed by atoms with E-state index in [9.17, 15) is 13.2 Å². The summed E-state index contributed by atoms with van der Waals surface area (Å²) in [5.41, 5.74) is 0.0145. The van der Waals surface area contributed by atoms with Gasteiger partial charge in [-0.1, -0.05) is 6.07 Å². The normalized spacial score (nSPS) is 13.5. The summed E-state index contributed by atoms with van der Waals surface area (Å²) in [6, 6.07) is 5.17. The van der Waals surface area contributed by atoms with Crippen molar-refractivity contribution in [3.63, 3.8) is 0 Å². The standard InChI is InChI=1S/C17H30N4O3S/c1-4-18-17(20-15(2)10-14-25(3,23)24)19-11-6-8-13-21-12-7-5-9-16(21)22/h5,7,9,12,15H,4,6,8,10-11,13-14H2,1-3H3,(H2,18,19,20). The van der Waals surface area contributed by atoms with Gasteiger partial charge in [0.1, 0.15) is 9.84 Å². The highest BCUT2D eigenvalue weighted by molar-refractivity contribution is 7.90. The van der Waals surface area contributed by atoms with Crippen molar-refractivity contribution < 1.29 is 8.42 Å². The summed E-state index contributed by atoms with van der Waals surface area (Å²) in [5.74, 6) is 0.854. The van der Waals surface area contributed by atoms with Crippen LogP contribution in [0.5, 0.6) is 0 Å². The molecular weight excluding hydrogens is 340 g/mol. The third kappa shape index (κ3) is 9.91. The number of guanidine groups is 1. The Morgan fingerprint density at radius 2 is 2.08 bits per heavy atom. The van der Waals surface area contributed by atoms with E-state index in [1.807, 2.05) is 19.9 Å². The van der Waals surface area contributed by atoms with Crippen LogP contribution in [0.1, 0.15) is 33.1 Å². The molecule has 1 rings (SSSR count). The molecule has 0 spiro atoms. The predicted molar refractivity (Wildman–Crippen MR) is 103 cm³/mol. The number of unbranched alkanes of at least 4 members (excludes halogenated alkanes) is 1. The molecule has 0 aromatic carbocycles. The number of sulfone groups is 1. The maximum atomic E-state index is 11.6. The van der Waals surface area contributed by atoms with Gasteiger partial charge in [0.05, 0.1) is 5.75 Å². The highest BCUT2D eigenvalue weighted by atomic mass is 32.2. The third-order valence-corrected chi connectivity index (χ3v) is 4.60. The first-order chi connectivity index (χ1) is 11.8. The molecule has 1 aromatic rings. The lowest BCUT2D eigenvalue weighted by atomic mass is 10.2. The van der Waals surface area contributed by atoms with E-state index in [0.717, 1.165) is 19.4 Å². The molecule has 0 amide bonds. The van der Waals surface area contributed by atoms with E-state index < -0.39 is 9.84 Å². The molecule has 0 aliphatic carbocycles. The van der Waals surface area contributed by atoms with Crippen molar-refractivity contribution in [2.75, 3.05) is 25.1 Å².